The van der Waals surface area contributed by atoms with Gasteiger partial charge >= 0.3 is 0 Å². The molecule has 21 heavy (non-hydrogen) atoms. The smallest absolute Gasteiger partial charge is 0.0631 e. The number of nitrogens with zero attached hydrogens (tertiary/aromatic N) is 2. The van der Waals surface area contributed by atoms with E-state index in [1.54, 1.807) is 0 Å². The summed E-state index contributed by atoms with van der Waals surface area (Å²) < 4.78 is 7.79. The van der Waals surface area contributed by atoms with Gasteiger partial charge in [-0.05, 0) is 38.3 Å². The van der Waals surface area contributed by atoms with Crippen LogP contribution in [0.4, 0.5) is 0 Å². The predicted molar refractivity (Wildman–Crippen MR) is 86.5 cm³/mol. The summed E-state index contributed by atoms with van der Waals surface area (Å²) in [7, 11) is 0. The van der Waals surface area contributed by atoms with E-state index in [0.717, 1.165) is 45.6 Å². The van der Waals surface area contributed by atoms with Crippen molar-refractivity contribution in [2.45, 2.75) is 53.0 Å². The number of hydrogen-bond acceptors (Lipinski definition) is 3. The number of hydrogen-bond donors (Lipinski definition) is 1. The van der Waals surface area contributed by atoms with Crippen molar-refractivity contribution in [2.75, 3.05) is 26.3 Å². The van der Waals surface area contributed by atoms with Gasteiger partial charge < -0.3 is 10.1 Å². The largest absolute Gasteiger partial charge is 0.381 e. The molecule has 0 amide bonds. The minimum absolute atomic E-state index is 0.226. The lowest BCUT2D eigenvalue weighted by atomic mass is 9.82. The molecule has 2 rings (SSSR count). The molecule has 1 aromatic heterocycles. The summed E-state index contributed by atoms with van der Waals surface area (Å²) >= 11 is 0. The Morgan fingerprint density at radius 3 is 2.86 bits per heavy atom. The van der Waals surface area contributed by atoms with Crippen molar-refractivity contribution < 1.29 is 4.74 Å². The van der Waals surface area contributed by atoms with E-state index in [-0.39, 0.29) is 5.41 Å². The van der Waals surface area contributed by atoms with Crippen LogP contribution in [0.25, 0.3) is 0 Å². The second-order valence-electron chi connectivity index (χ2n) is 7.05. The fourth-order valence-corrected chi connectivity index (χ4v) is 2.91. The highest BCUT2D eigenvalue weighted by Crippen LogP contribution is 2.32. The summed E-state index contributed by atoms with van der Waals surface area (Å²) in [6.45, 7) is 12.8. The van der Waals surface area contributed by atoms with Crippen LogP contribution in [-0.2, 0) is 11.2 Å². The number of rotatable bonds is 8. The van der Waals surface area contributed by atoms with Gasteiger partial charge in [-0.2, -0.15) is 5.10 Å². The quantitative estimate of drug-likeness (QED) is 0.800. The van der Waals surface area contributed by atoms with Gasteiger partial charge in [0.1, 0.15) is 0 Å². The van der Waals surface area contributed by atoms with Crippen molar-refractivity contribution in [1.82, 2.24) is 15.1 Å². The molecule has 1 aromatic rings. The van der Waals surface area contributed by atoms with Gasteiger partial charge in [-0.3, -0.25) is 4.68 Å². The molecule has 1 fully saturated rings. The number of nitrogens with one attached hydrogen (secondary N) is 1. The SMILES string of the molecule is CCC(C)n1ccc(CC2(CNCC(C)C)CCOC2)n1. The van der Waals surface area contributed by atoms with Crippen molar-refractivity contribution in [3.8, 4) is 0 Å². The van der Waals surface area contributed by atoms with Gasteiger partial charge in [0.05, 0.1) is 12.3 Å². The van der Waals surface area contributed by atoms with E-state index in [1.807, 2.05) is 0 Å². The molecule has 1 aliphatic rings. The highest BCUT2D eigenvalue weighted by Gasteiger charge is 2.35. The molecule has 2 atom stereocenters. The molecular weight excluding hydrogens is 262 g/mol. The molecule has 2 unspecified atom stereocenters. The zero-order valence-corrected chi connectivity index (χ0v) is 14.1. The average Bonchev–Trinajstić information content (AvgIpc) is 3.08. The molecule has 120 valence electrons. The van der Waals surface area contributed by atoms with E-state index < -0.39 is 0 Å². The van der Waals surface area contributed by atoms with Crippen molar-refractivity contribution in [3.05, 3.63) is 18.0 Å². The first-order valence-corrected chi connectivity index (χ1v) is 8.37. The Morgan fingerprint density at radius 1 is 1.43 bits per heavy atom. The highest BCUT2D eigenvalue weighted by atomic mass is 16.5. The first-order valence-electron chi connectivity index (χ1n) is 8.37. The molecule has 1 N–H and O–H groups in total. The lowest BCUT2D eigenvalue weighted by Crippen LogP contribution is -2.38. The lowest BCUT2D eigenvalue weighted by Gasteiger charge is -2.27. The third-order valence-electron chi connectivity index (χ3n) is 4.50. The van der Waals surface area contributed by atoms with E-state index in [9.17, 15) is 0 Å². The normalized spacial score (nSPS) is 23.9. The van der Waals surface area contributed by atoms with Crippen LogP contribution in [0.1, 0.15) is 52.3 Å². The predicted octanol–water partition coefficient (Wildman–Crippen LogP) is 3.05. The molecule has 1 aliphatic heterocycles. The molecule has 4 heteroatoms. The Balaban J connectivity index is 1.97. The van der Waals surface area contributed by atoms with Crippen LogP contribution in [0, 0.1) is 11.3 Å². The molecule has 0 aromatic carbocycles. The Morgan fingerprint density at radius 2 is 2.24 bits per heavy atom. The molecule has 0 saturated carbocycles. The summed E-state index contributed by atoms with van der Waals surface area (Å²) in [5.41, 5.74) is 1.43. The number of ether oxygens (including phenoxy) is 1. The van der Waals surface area contributed by atoms with Gasteiger partial charge in [0.2, 0.25) is 0 Å². The van der Waals surface area contributed by atoms with Crippen molar-refractivity contribution in [1.29, 1.82) is 0 Å². The van der Waals surface area contributed by atoms with Gasteiger partial charge in [-0.1, -0.05) is 20.8 Å². The van der Waals surface area contributed by atoms with E-state index >= 15 is 0 Å². The van der Waals surface area contributed by atoms with Crippen molar-refractivity contribution in [2.24, 2.45) is 11.3 Å². The standard InChI is InChI=1S/C17H31N3O/c1-5-15(4)20-8-6-16(19-20)10-17(7-9-21-13-17)12-18-11-14(2)3/h6,8,14-15,18H,5,7,9-13H2,1-4H3. The van der Waals surface area contributed by atoms with Gasteiger partial charge in [0.25, 0.3) is 0 Å². The summed E-state index contributed by atoms with van der Waals surface area (Å²) in [4.78, 5) is 0. The molecular formula is C17H31N3O. The third-order valence-corrected chi connectivity index (χ3v) is 4.50. The molecule has 0 radical (unpaired) electrons. The molecule has 0 bridgehead atoms. The Kier molecular flexibility index (Phi) is 5.82. The maximum absolute atomic E-state index is 5.69. The minimum Gasteiger partial charge on any atom is -0.381 e. The molecule has 0 spiro atoms. The second-order valence-corrected chi connectivity index (χ2v) is 7.05. The lowest BCUT2D eigenvalue weighted by molar-refractivity contribution is 0.148. The fourth-order valence-electron chi connectivity index (χ4n) is 2.91. The first kappa shape index (κ1) is 16.5. The highest BCUT2D eigenvalue weighted by molar-refractivity contribution is 5.05. The molecule has 4 nitrogen and oxygen atoms in total. The van der Waals surface area contributed by atoms with Crippen LogP contribution in [0.5, 0.6) is 0 Å². The molecule has 1 saturated heterocycles. The zero-order chi connectivity index (χ0) is 15.3. The maximum atomic E-state index is 5.69. The van der Waals surface area contributed by atoms with Crippen LogP contribution in [0.3, 0.4) is 0 Å². The maximum Gasteiger partial charge on any atom is 0.0631 e. The summed E-state index contributed by atoms with van der Waals surface area (Å²) in [5.74, 6) is 0.689. The number of aromatic nitrogens is 2. The summed E-state index contributed by atoms with van der Waals surface area (Å²) in [5, 5.41) is 8.38. The summed E-state index contributed by atoms with van der Waals surface area (Å²) in [6.07, 6.45) is 5.38. The van der Waals surface area contributed by atoms with Crippen molar-refractivity contribution >= 4 is 0 Å². The van der Waals surface area contributed by atoms with E-state index in [0.29, 0.717) is 12.0 Å². The van der Waals surface area contributed by atoms with Gasteiger partial charge in [0.15, 0.2) is 0 Å². The fraction of sp³-hybridized carbons (Fsp3) is 0.824. The summed E-state index contributed by atoms with van der Waals surface area (Å²) in [6, 6.07) is 2.66. The van der Waals surface area contributed by atoms with Gasteiger partial charge in [-0.25, -0.2) is 0 Å². The van der Waals surface area contributed by atoms with Crippen LogP contribution < -0.4 is 5.32 Å². The van der Waals surface area contributed by atoms with Crippen LogP contribution >= 0.6 is 0 Å². The Bertz CT molecular complexity index is 421. The van der Waals surface area contributed by atoms with Gasteiger partial charge in [-0.15, -0.1) is 0 Å². The van der Waals surface area contributed by atoms with E-state index in [4.69, 9.17) is 9.84 Å². The van der Waals surface area contributed by atoms with E-state index in [1.165, 1.54) is 5.69 Å². The molecule has 0 aliphatic carbocycles. The third kappa shape index (κ3) is 4.55. The molecule has 2 heterocycles. The Labute approximate surface area is 129 Å². The first-order chi connectivity index (χ1) is 10.0. The Hall–Kier alpha value is -0.870. The van der Waals surface area contributed by atoms with Crippen LogP contribution in [0.2, 0.25) is 0 Å². The average molecular weight is 293 g/mol. The van der Waals surface area contributed by atoms with E-state index in [2.05, 4.69) is 50.0 Å². The zero-order valence-electron chi connectivity index (χ0n) is 14.1. The second kappa shape index (κ2) is 7.41. The van der Waals surface area contributed by atoms with Crippen molar-refractivity contribution in [3.63, 3.8) is 0 Å². The minimum atomic E-state index is 0.226. The van der Waals surface area contributed by atoms with Gasteiger partial charge in [0, 0.05) is 37.2 Å². The topological polar surface area (TPSA) is 39.1 Å². The van der Waals surface area contributed by atoms with Crippen LogP contribution in [-0.4, -0.2) is 36.1 Å². The van der Waals surface area contributed by atoms with Crippen LogP contribution in [0.15, 0.2) is 12.3 Å². The monoisotopic (exact) mass is 293 g/mol.